The number of furan rings is 1. The van der Waals surface area contributed by atoms with Crippen molar-refractivity contribution in [2.75, 3.05) is 6.54 Å². The molecule has 0 saturated carbocycles. The lowest BCUT2D eigenvalue weighted by atomic mass is 10.1. The maximum atomic E-state index is 12.1. The highest BCUT2D eigenvalue weighted by Gasteiger charge is 2.17. The molecule has 20 heavy (non-hydrogen) atoms. The van der Waals surface area contributed by atoms with E-state index in [9.17, 15) is 4.79 Å². The van der Waals surface area contributed by atoms with E-state index in [1.54, 1.807) is 5.38 Å². The molecular weight excluding hydrogens is 274 g/mol. The number of nitrogens with zero attached hydrogens (tertiary/aromatic N) is 1. The van der Waals surface area contributed by atoms with Crippen LogP contribution in [0.5, 0.6) is 0 Å². The number of hydrogen-bond acceptors (Lipinski definition) is 5. The topological polar surface area (TPSA) is 81.2 Å². The molecule has 3 N–H and O–H groups in total. The Morgan fingerprint density at radius 1 is 1.55 bits per heavy atom. The second kappa shape index (κ2) is 6.19. The number of nitrogens with one attached hydrogen (secondary N) is 1. The van der Waals surface area contributed by atoms with Gasteiger partial charge >= 0.3 is 0 Å². The highest BCUT2D eigenvalue weighted by molar-refractivity contribution is 7.09. The third-order valence-corrected chi connectivity index (χ3v) is 3.94. The molecule has 2 heterocycles. The van der Waals surface area contributed by atoms with E-state index in [1.165, 1.54) is 11.3 Å². The number of carbonyl (C=O) groups is 1. The van der Waals surface area contributed by atoms with Crippen LogP contribution in [0.1, 0.15) is 45.5 Å². The Morgan fingerprint density at radius 3 is 2.90 bits per heavy atom. The minimum atomic E-state index is -0.171. The minimum absolute atomic E-state index is 0.111. The quantitative estimate of drug-likeness (QED) is 0.886. The fraction of sp³-hybridized carbons (Fsp3) is 0.429. The molecule has 1 amide bonds. The lowest BCUT2D eigenvalue weighted by Crippen LogP contribution is -2.27. The zero-order chi connectivity index (χ0) is 14.7. The molecule has 0 aliphatic carbocycles. The molecule has 2 rings (SSSR count). The van der Waals surface area contributed by atoms with Gasteiger partial charge in [-0.05, 0) is 33.4 Å². The van der Waals surface area contributed by atoms with Crippen LogP contribution in [0.2, 0.25) is 0 Å². The number of aromatic nitrogens is 1. The highest BCUT2D eigenvalue weighted by atomic mass is 32.1. The number of amides is 1. The largest absolute Gasteiger partial charge is 0.466 e. The number of aryl methyl sites for hydroxylation is 2. The average Bonchev–Trinajstić information content (AvgIpc) is 2.96. The van der Waals surface area contributed by atoms with Gasteiger partial charge < -0.3 is 15.5 Å². The normalized spacial score (nSPS) is 12.4. The summed E-state index contributed by atoms with van der Waals surface area (Å²) in [5.74, 6) is 1.50. The second-order valence-electron chi connectivity index (χ2n) is 4.73. The lowest BCUT2D eigenvalue weighted by Gasteiger charge is -2.11. The van der Waals surface area contributed by atoms with E-state index in [-0.39, 0.29) is 11.9 Å². The van der Waals surface area contributed by atoms with Gasteiger partial charge in [-0.3, -0.25) is 4.79 Å². The molecule has 6 heteroatoms. The maximum Gasteiger partial charge on any atom is 0.271 e. The van der Waals surface area contributed by atoms with E-state index in [0.717, 1.165) is 22.1 Å². The fourth-order valence-electron chi connectivity index (χ4n) is 2.08. The first-order chi connectivity index (χ1) is 9.51. The van der Waals surface area contributed by atoms with Gasteiger partial charge in [0.1, 0.15) is 17.2 Å². The van der Waals surface area contributed by atoms with Crippen molar-refractivity contribution in [1.82, 2.24) is 10.3 Å². The van der Waals surface area contributed by atoms with Crippen LogP contribution in [0, 0.1) is 13.8 Å². The van der Waals surface area contributed by atoms with E-state index in [4.69, 9.17) is 10.2 Å². The summed E-state index contributed by atoms with van der Waals surface area (Å²) in [5, 5.41) is 5.59. The SMILES string of the molecule is Cc1cc(C(C)NC(=O)c2csc(CCN)n2)c(C)o1. The van der Waals surface area contributed by atoms with Crippen LogP contribution in [0.25, 0.3) is 0 Å². The Kier molecular flexibility index (Phi) is 4.57. The smallest absolute Gasteiger partial charge is 0.271 e. The van der Waals surface area contributed by atoms with Crippen LogP contribution in [0.4, 0.5) is 0 Å². The summed E-state index contributed by atoms with van der Waals surface area (Å²) in [5.41, 5.74) is 6.92. The first-order valence-electron chi connectivity index (χ1n) is 6.53. The van der Waals surface area contributed by atoms with Crippen molar-refractivity contribution in [2.24, 2.45) is 5.73 Å². The molecule has 0 spiro atoms. The minimum Gasteiger partial charge on any atom is -0.466 e. The maximum absolute atomic E-state index is 12.1. The predicted molar refractivity (Wildman–Crippen MR) is 78.9 cm³/mol. The lowest BCUT2D eigenvalue weighted by molar-refractivity contribution is 0.0935. The summed E-state index contributed by atoms with van der Waals surface area (Å²) in [6.07, 6.45) is 0.702. The number of thiazole rings is 1. The van der Waals surface area contributed by atoms with Gasteiger partial charge in [0.15, 0.2) is 0 Å². The Bertz CT molecular complexity index is 603. The molecule has 0 radical (unpaired) electrons. The predicted octanol–water partition coefficient (Wildman–Crippen LogP) is 2.35. The Morgan fingerprint density at radius 2 is 2.30 bits per heavy atom. The number of rotatable bonds is 5. The molecule has 2 aromatic heterocycles. The summed E-state index contributed by atoms with van der Waals surface area (Å²) in [4.78, 5) is 16.4. The van der Waals surface area contributed by atoms with Gasteiger partial charge in [0, 0.05) is 17.4 Å². The van der Waals surface area contributed by atoms with Crippen LogP contribution in [0.3, 0.4) is 0 Å². The van der Waals surface area contributed by atoms with Gasteiger partial charge in [-0.1, -0.05) is 0 Å². The monoisotopic (exact) mass is 293 g/mol. The Balaban J connectivity index is 2.05. The molecule has 0 saturated heterocycles. The molecule has 1 atom stereocenters. The zero-order valence-electron chi connectivity index (χ0n) is 11.9. The van der Waals surface area contributed by atoms with Gasteiger partial charge in [0.05, 0.1) is 11.0 Å². The third kappa shape index (κ3) is 3.26. The summed E-state index contributed by atoms with van der Waals surface area (Å²) in [6, 6.07) is 1.83. The molecule has 2 aromatic rings. The summed E-state index contributed by atoms with van der Waals surface area (Å²) >= 11 is 1.46. The molecule has 1 unspecified atom stereocenters. The van der Waals surface area contributed by atoms with Crippen molar-refractivity contribution in [3.63, 3.8) is 0 Å². The van der Waals surface area contributed by atoms with Crippen molar-refractivity contribution in [1.29, 1.82) is 0 Å². The van der Waals surface area contributed by atoms with E-state index in [0.29, 0.717) is 18.7 Å². The molecule has 0 aliphatic heterocycles. The van der Waals surface area contributed by atoms with Gasteiger partial charge in [-0.15, -0.1) is 11.3 Å². The second-order valence-corrected chi connectivity index (χ2v) is 5.67. The van der Waals surface area contributed by atoms with Crippen molar-refractivity contribution in [2.45, 2.75) is 33.2 Å². The number of carbonyl (C=O) groups excluding carboxylic acids is 1. The standard InChI is InChI=1S/C14H19N3O2S/c1-8-6-11(10(3)19-8)9(2)16-14(18)12-7-20-13(17-12)4-5-15/h6-7,9H,4-5,15H2,1-3H3,(H,16,18). The van der Waals surface area contributed by atoms with Crippen LogP contribution >= 0.6 is 11.3 Å². The van der Waals surface area contributed by atoms with Gasteiger partial charge in [-0.25, -0.2) is 4.98 Å². The first-order valence-corrected chi connectivity index (χ1v) is 7.41. The number of hydrogen-bond donors (Lipinski definition) is 2. The first kappa shape index (κ1) is 14.7. The van der Waals surface area contributed by atoms with Crippen molar-refractivity contribution < 1.29 is 9.21 Å². The Labute approximate surface area is 122 Å². The molecule has 0 bridgehead atoms. The van der Waals surface area contributed by atoms with Crippen molar-refractivity contribution in [3.8, 4) is 0 Å². The zero-order valence-corrected chi connectivity index (χ0v) is 12.7. The van der Waals surface area contributed by atoms with Crippen molar-refractivity contribution >= 4 is 17.2 Å². The number of nitrogens with two attached hydrogens (primary N) is 1. The van der Waals surface area contributed by atoms with Crippen LogP contribution in [0.15, 0.2) is 15.9 Å². The molecule has 108 valence electrons. The third-order valence-electron chi connectivity index (χ3n) is 3.04. The Hall–Kier alpha value is -1.66. The van der Waals surface area contributed by atoms with E-state index >= 15 is 0 Å². The average molecular weight is 293 g/mol. The summed E-state index contributed by atoms with van der Waals surface area (Å²) in [6.45, 7) is 6.26. The van der Waals surface area contributed by atoms with E-state index in [2.05, 4.69) is 10.3 Å². The fourth-order valence-corrected chi connectivity index (χ4v) is 2.88. The molecular formula is C14H19N3O2S. The van der Waals surface area contributed by atoms with Crippen LogP contribution in [-0.4, -0.2) is 17.4 Å². The van der Waals surface area contributed by atoms with Gasteiger partial charge in [0.25, 0.3) is 5.91 Å². The van der Waals surface area contributed by atoms with E-state index in [1.807, 2.05) is 26.8 Å². The molecule has 0 fully saturated rings. The van der Waals surface area contributed by atoms with Gasteiger partial charge in [0.2, 0.25) is 0 Å². The molecule has 5 nitrogen and oxygen atoms in total. The van der Waals surface area contributed by atoms with Crippen LogP contribution < -0.4 is 11.1 Å². The summed E-state index contributed by atoms with van der Waals surface area (Å²) in [7, 11) is 0. The van der Waals surface area contributed by atoms with Crippen LogP contribution in [-0.2, 0) is 6.42 Å². The van der Waals surface area contributed by atoms with E-state index < -0.39 is 0 Å². The van der Waals surface area contributed by atoms with Crippen molar-refractivity contribution in [3.05, 3.63) is 39.2 Å². The molecule has 0 aliphatic rings. The van der Waals surface area contributed by atoms with Gasteiger partial charge in [-0.2, -0.15) is 0 Å². The highest BCUT2D eigenvalue weighted by Crippen LogP contribution is 2.21. The summed E-state index contributed by atoms with van der Waals surface area (Å²) < 4.78 is 5.48. The molecule has 0 aromatic carbocycles.